The lowest BCUT2D eigenvalue weighted by Gasteiger charge is -2.41. The van der Waals surface area contributed by atoms with Crippen molar-refractivity contribution < 1.29 is 57.5 Å². The molecule has 0 aromatic heterocycles. The number of likely N-dealkylation sites (N-methyl/N-ethyl adjacent to an activating group) is 9. The number of hydrogen-bond donors (Lipinski definition) is 3. The molecule has 12 amide bonds. The first-order chi connectivity index (χ1) is 38.7. The number of amides is 12. The third kappa shape index (κ3) is 19.1. The summed E-state index contributed by atoms with van der Waals surface area (Å²) in [7, 11) is 12.9. The van der Waals surface area contributed by atoms with Gasteiger partial charge in [0.05, 0.1) is 26.2 Å². The molecular formula is C60H108N12O12. The molecule has 1 rings (SSSR count). The first-order valence-electron chi connectivity index (χ1n) is 29.9. The maximum absolute atomic E-state index is 14.8. The van der Waals surface area contributed by atoms with Crippen molar-refractivity contribution in [2.24, 2.45) is 47.3 Å². The summed E-state index contributed by atoms with van der Waals surface area (Å²) >= 11 is 0. The summed E-state index contributed by atoms with van der Waals surface area (Å²) in [6, 6.07) is -9.08. The molecule has 84 heavy (non-hydrogen) atoms. The standard InChI is InChI=1S/C60H108N12O12/c1-26-38(14)46-55(79)69(22)50(37(12)13)60(84)70(23)48(35(8)9)56(80)66(19)32-44(76)68(21)49(36(10)11)59(83)72(25)52(40(16)28-3)58(82)65(18)31-42(74)62-45(33(4)5)54(78)71(24)51(39(15)27-2)57(81)64(17)30-41(73)61-29-43(75)67(20)47(34(6)7)53(77)63-46/h33-40,45-52H,26-32H2,1-25H3,(H,61,73)(H,62,74)(H,63,77)/t38-,39-,40-,45?,46?,47?,48?,49?,50-,51?,52?/m0/s1. The van der Waals surface area contributed by atoms with Gasteiger partial charge >= 0.3 is 0 Å². The lowest BCUT2D eigenvalue weighted by Crippen LogP contribution is -2.62. The first kappa shape index (κ1) is 75.7. The molecule has 1 fully saturated rings. The van der Waals surface area contributed by atoms with Gasteiger partial charge in [0.2, 0.25) is 70.9 Å². The number of nitrogens with zero attached hydrogens (tertiary/aromatic N) is 9. The van der Waals surface area contributed by atoms with Crippen molar-refractivity contribution in [1.29, 1.82) is 0 Å². The maximum Gasteiger partial charge on any atom is 0.246 e. The lowest BCUT2D eigenvalue weighted by atomic mass is 9.93. The van der Waals surface area contributed by atoms with Crippen molar-refractivity contribution in [3.8, 4) is 0 Å². The molecule has 7 unspecified atom stereocenters. The van der Waals surface area contributed by atoms with Gasteiger partial charge in [0.1, 0.15) is 48.3 Å². The van der Waals surface area contributed by atoms with Gasteiger partial charge in [-0.1, -0.05) is 130 Å². The van der Waals surface area contributed by atoms with Gasteiger partial charge in [-0.05, 0) is 47.3 Å². The Morgan fingerprint density at radius 1 is 0.333 bits per heavy atom. The smallest absolute Gasteiger partial charge is 0.246 e. The van der Waals surface area contributed by atoms with E-state index in [1.165, 1.54) is 103 Å². The largest absolute Gasteiger partial charge is 0.345 e. The fourth-order valence-electron chi connectivity index (χ4n) is 11.0. The third-order valence-corrected chi connectivity index (χ3v) is 16.8. The van der Waals surface area contributed by atoms with Gasteiger partial charge in [0, 0.05) is 63.4 Å². The Morgan fingerprint density at radius 2 is 0.655 bits per heavy atom. The Morgan fingerprint density at radius 3 is 1.06 bits per heavy atom. The van der Waals surface area contributed by atoms with E-state index in [4.69, 9.17) is 0 Å². The van der Waals surface area contributed by atoms with Gasteiger partial charge in [-0.2, -0.15) is 0 Å². The highest BCUT2D eigenvalue weighted by atomic mass is 16.2. The van der Waals surface area contributed by atoms with Crippen molar-refractivity contribution in [2.45, 2.75) is 178 Å². The summed E-state index contributed by atoms with van der Waals surface area (Å²) in [5.41, 5.74) is 0. The van der Waals surface area contributed by atoms with Crippen LogP contribution < -0.4 is 16.0 Å². The van der Waals surface area contributed by atoms with E-state index in [1.807, 2.05) is 20.8 Å². The zero-order valence-corrected chi connectivity index (χ0v) is 55.6. The Labute approximate surface area is 502 Å². The normalized spacial score (nSPS) is 26.1. The zero-order chi connectivity index (χ0) is 65.4. The van der Waals surface area contributed by atoms with Crippen molar-refractivity contribution >= 4 is 70.9 Å². The monoisotopic (exact) mass is 1190 g/mol. The Hall–Kier alpha value is -6.36. The number of carbonyl (C=O) groups is 12. The van der Waals surface area contributed by atoms with Crippen LogP contribution in [0.5, 0.6) is 0 Å². The van der Waals surface area contributed by atoms with Gasteiger partial charge < -0.3 is 60.0 Å². The summed E-state index contributed by atoms with van der Waals surface area (Å²) in [6.45, 7) is 26.2. The van der Waals surface area contributed by atoms with Crippen LogP contribution in [0.1, 0.15) is 130 Å². The molecule has 11 atom stereocenters. The summed E-state index contributed by atoms with van der Waals surface area (Å²) in [6.07, 6.45) is 1.32. The molecule has 0 spiro atoms. The quantitative estimate of drug-likeness (QED) is 0.268. The number of rotatable bonds is 11. The minimum atomic E-state index is -1.18. The van der Waals surface area contributed by atoms with Crippen LogP contribution in [-0.4, -0.2) is 253 Å². The van der Waals surface area contributed by atoms with E-state index in [1.54, 1.807) is 90.0 Å². The van der Waals surface area contributed by atoms with Gasteiger partial charge in [-0.25, -0.2) is 0 Å². The van der Waals surface area contributed by atoms with Crippen molar-refractivity contribution in [3.05, 3.63) is 0 Å². The Balaban J connectivity index is 4.13. The minimum Gasteiger partial charge on any atom is -0.345 e. The molecule has 0 aromatic carbocycles. The molecule has 0 aromatic rings. The van der Waals surface area contributed by atoms with Crippen molar-refractivity contribution in [1.82, 2.24) is 60.0 Å². The van der Waals surface area contributed by atoms with Crippen LogP contribution in [0.25, 0.3) is 0 Å². The molecule has 3 N–H and O–H groups in total. The summed E-state index contributed by atoms with van der Waals surface area (Å²) in [5, 5.41) is 8.19. The van der Waals surface area contributed by atoms with Crippen LogP contribution in [0.15, 0.2) is 0 Å². The molecule has 480 valence electrons. The Bertz CT molecular complexity index is 2330. The van der Waals surface area contributed by atoms with E-state index >= 15 is 0 Å². The number of carbonyl (C=O) groups excluding carboxylic acids is 12. The first-order valence-corrected chi connectivity index (χ1v) is 29.9. The predicted molar refractivity (Wildman–Crippen MR) is 322 cm³/mol. The highest BCUT2D eigenvalue weighted by Gasteiger charge is 2.45. The van der Waals surface area contributed by atoms with E-state index in [0.29, 0.717) is 19.3 Å². The lowest BCUT2D eigenvalue weighted by molar-refractivity contribution is -0.156. The molecule has 0 bridgehead atoms. The molecular weight excluding hydrogens is 1080 g/mol. The molecule has 0 radical (unpaired) electrons. The van der Waals surface area contributed by atoms with Crippen LogP contribution >= 0.6 is 0 Å². The van der Waals surface area contributed by atoms with E-state index in [-0.39, 0.29) is 0 Å². The average Bonchev–Trinajstić information content (AvgIpc) is 2.53. The summed E-state index contributed by atoms with van der Waals surface area (Å²) in [4.78, 5) is 183. The molecule has 1 aliphatic rings. The maximum atomic E-state index is 14.8. The summed E-state index contributed by atoms with van der Waals surface area (Å²) in [5.74, 6) is -11.3. The van der Waals surface area contributed by atoms with E-state index in [9.17, 15) is 57.5 Å². The van der Waals surface area contributed by atoms with Crippen molar-refractivity contribution in [2.75, 3.05) is 89.6 Å². The van der Waals surface area contributed by atoms with E-state index in [0.717, 1.165) is 4.90 Å². The average molecular weight is 1190 g/mol. The molecule has 1 saturated heterocycles. The van der Waals surface area contributed by atoms with E-state index in [2.05, 4.69) is 16.0 Å². The van der Waals surface area contributed by atoms with Gasteiger partial charge in [-0.15, -0.1) is 0 Å². The molecule has 1 heterocycles. The topological polar surface area (TPSA) is 270 Å². The zero-order valence-electron chi connectivity index (χ0n) is 55.6. The molecule has 24 nitrogen and oxygen atoms in total. The van der Waals surface area contributed by atoms with E-state index < -0.39 is 193 Å². The Kier molecular flexibility index (Phi) is 30.0. The van der Waals surface area contributed by atoms with Crippen LogP contribution in [0.3, 0.4) is 0 Å². The fraction of sp³-hybridized carbons (Fsp3) is 0.800. The fourth-order valence-corrected chi connectivity index (χ4v) is 11.0. The van der Waals surface area contributed by atoms with Gasteiger partial charge in [0.25, 0.3) is 0 Å². The highest BCUT2D eigenvalue weighted by Crippen LogP contribution is 2.25. The second-order valence-corrected chi connectivity index (χ2v) is 25.2. The van der Waals surface area contributed by atoms with Crippen LogP contribution in [0, 0.1) is 47.3 Å². The second-order valence-electron chi connectivity index (χ2n) is 25.2. The minimum absolute atomic E-state index is 0.430. The molecule has 0 saturated carbocycles. The highest BCUT2D eigenvalue weighted by molar-refractivity contribution is 5.99. The van der Waals surface area contributed by atoms with Gasteiger partial charge in [0.15, 0.2) is 0 Å². The summed E-state index contributed by atoms with van der Waals surface area (Å²) < 4.78 is 0. The SMILES string of the molecule is CC[C@H](C)C1NC(=O)C(C(C)C)N(C)C(=O)CNC(=O)CN(C)C(=O)C([C@@H](C)CC)N(C)C(=O)C(C(C)C)NC(=O)CN(C)C(=O)C([C@@H](C)CC)N(C)C(=O)C(C(C)C)N(C)C(=O)CN(C)C(=O)C(C(C)C)N(C)C(=O)[C@H](C(C)C)N(C)C1=O. The number of nitrogens with one attached hydrogen (secondary N) is 3. The molecule has 24 heteroatoms. The van der Waals surface area contributed by atoms with Gasteiger partial charge in [-0.3, -0.25) is 57.5 Å². The van der Waals surface area contributed by atoms with Crippen LogP contribution in [-0.2, 0) is 57.5 Å². The number of hydrogen-bond acceptors (Lipinski definition) is 12. The van der Waals surface area contributed by atoms with Crippen LogP contribution in [0.4, 0.5) is 0 Å². The third-order valence-electron chi connectivity index (χ3n) is 16.8. The second kappa shape index (κ2) is 33.4. The van der Waals surface area contributed by atoms with Crippen molar-refractivity contribution in [3.63, 3.8) is 0 Å². The van der Waals surface area contributed by atoms with Crippen LogP contribution in [0.2, 0.25) is 0 Å². The molecule has 1 aliphatic heterocycles. The predicted octanol–water partition coefficient (Wildman–Crippen LogP) is 1.84. The molecule has 0 aliphatic carbocycles.